The standard InChI is InChI=1S/C6H6N4OS/c7-5-4(9-6(11)10-5)3-1-8-2-12-3/h1-2,4H,(H3,7,9,10,11). The van der Waals surface area contributed by atoms with Crippen molar-refractivity contribution in [3.63, 3.8) is 0 Å². The molecule has 0 fully saturated rings. The van der Waals surface area contributed by atoms with Gasteiger partial charge in [-0.1, -0.05) is 0 Å². The van der Waals surface area contributed by atoms with Crippen LogP contribution in [0.4, 0.5) is 4.79 Å². The van der Waals surface area contributed by atoms with Crippen LogP contribution in [0, 0.1) is 0 Å². The molecule has 62 valence electrons. The van der Waals surface area contributed by atoms with Crippen molar-refractivity contribution in [3.05, 3.63) is 16.6 Å². The number of aliphatic imine (C=N–C) groups is 1. The Hall–Kier alpha value is -1.43. The molecule has 1 aromatic rings. The first kappa shape index (κ1) is 7.23. The summed E-state index contributed by atoms with van der Waals surface area (Å²) in [5, 5.41) is 2.61. The highest BCUT2D eigenvalue weighted by molar-refractivity contribution is 7.09. The average molecular weight is 182 g/mol. The van der Waals surface area contributed by atoms with E-state index < -0.39 is 0 Å². The smallest absolute Gasteiger partial charge is 0.343 e. The van der Waals surface area contributed by atoms with Crippen LogP contribution in [0.25, 0.3) is 0 Å². The van der Waals surface area contributed by atoms with Gasteiger partial charge in [-0.05, 0) is 0 Å². The lowest BCUT2D eigenvalue weighted by Gasteiger charge is -2.05. The first-order valence-corrected chi connectivity index (χ1v) is 4.18. The van der Waals surface area contributed by atoms with Crippen LogP contribution >= 0.6 is 11.3 Å². The number of hydrogen-bond donors (Lipinski definition) is 2. The number of carbonyl (C=O) groups is 1. The number of thiazole rings is 1. The molecular formula is C6H6N4OS. The van der Waals surface area contributed by atoms with Gasteiger partial charge in [0.2, 0.25) is 0 Å². The fraction of sp³-hybridized carbons (Fsp3) is 0.167. The lowest BCUT2D eigenvalue weighted by atomic mass is 10.2. The molecule has 1 atom stereocenters. The van der Waals surface area contributed by atoms with Gasteiger partial charge in [0, 0.05) is 6.20 Å². The van der Waals surface area contributed by atoms with Gasteiger partial charge in [-0.3, -0.25) is 4.98 Å². The predicted octanol–water partition coefficient (Wildman–Crippen LogP) is 0.265. The Morgan fingerprint density at radius 3 is 3.00 bits per heavy atom. The van der Waals surface area contributed by atoms with E-state index >= 15 is 0 Å². The Morgan fingerprint density at radius 1 is 1.67 bits per heavy atom. The third-order valence-corrected chi connectivity index (χ3v) is 2.37. The zero-order chi connectivity index (χ0) is 8.55. The largest absolute Gasteiger partial charge is 0.385 e. The Kier molecular flexibility index (Phi) is 1.54. The van der Waals surface area contributed by atoms with Crippen LogP contribution in [0.5, 0.6) is 0 Å². The number of aromatic nitrogens is 1. The number of amidine groups is 1. The summed E-state index contributed by atoms with van der Waals surface area (Å²) in [4.78, 5) is 19.1. The van der Waals surface area contributed by atoms with Crippen molar-refractivity contribution in [1.29, 1.82) is 0 Å². The van der Waals surface area contributed by atoms with E-state index in [2.05, 4.69) is 15.3 Å². The van der Waals surface area contributed by atoms with Crippen LogP contribution < -0.4 is 11.1 Å². The number of amides is 2. The summed E-state index contributed by atoms with van der Waals surface area (Å²) in [5.74, 6) is 0.309. The normalized spacial score (nSPS) is 22.2. The molecule has 12 heavy (non-hydrogen) atoms. The molecule has 1 aromatic heterocycles. The van der Waals surface area contributed by atoms with Gasteiger partial charge >= 0.3 is 6.03 Å². The van der Waals surface area contributed by atoms with E-state index in [1.54, 1.807) is 11.7 Å². The quantitative estimate of drug-likeness (QED) is 0.654. The number of rotatable bonds is 1. The molecule has 0 saturated heterocycles. The van der Waals surface area contributed by atoms with Crippen LogP contribution in [-0.4, -0.2) is 16.9 Å². The summed E-state index contributed by atoms with van der Waals surface area (Å²) in [7, 11) is 0. The third-order valence-electron chi connectivity index (χ3n) is 1.53. The second-order valence-corrected chi connectivity index (χ2v) is 3.24. The number of nitrogens with two attached hydrogens (primary N) is 1. The Balaban J connectivity index is 2.29. The minimum Gasteiger partial charge on any atom is -0.385 e. The number of nitrogens with one attached hydrogen (secondary N) is 1. The van der Waals surface area contributed by atoms with E-state index in [-0.39, 0.29) is 12.1 Å². The van der Waals surface area contributed by atoms with E-state index in [0.717, 1.165) is 4.88 Å². The van der Waals surface area contributed by atoms with E-state index in [1.165, 1.54) is 11.3 Å². The van der Waals surface area contributed by atoms with Crippen LogP contribution in [0.2, 0.25) is 0 Å². The van der Waals surface area contributed by atoms with Crippen molar-refractivity contribution in [2.75, 3.05) is 0 Å². The molecule has 1 aliphatic rings. The molecule has 0 saturated carbocycles. The molecule has 0 aliphatic carbocycles. The monoisotopic (exact) mass is 182 g/mol. The molecule has 3 N–H and O–H groups in total. The van der Waals surface area contributed by atoms with E-state index in [4.69, 9.17) is 5.73 Å². The van der Waals surface area contributed by atoms with Gasteiger partial charge in [0.15, 0.2) is 0 Å². The van der Waals surface area contributed by atoms with E-state index in [9.17, 15) is 4.79 Å². The second-order valence-electron chi connectivity index (χ2n) is 2.32. The van der Waals surface area contributed by atoms with E-state index in [1.807, 2.05) is 0 Å². The fourth-order valence-corrected chi connectivity index (χ4v) is 1.68. The van der Waals surface area contributed by atoms with Crippen molar-refractivity contribution < 1.29 is 4.79 Å². The van der Waals surface area contributed by atoms with Gasteiger partial charge in [-0.2, -0.15) is 4.99 Å². The highest BCUT2D eigenvalue weighted by atomic mass is 32.1. The highest BCUT2D eigenvalue weighted by Crippen LogP contribution is 2.20. The predicted molar refractivity (Wildman–Crippen MR) is 45.0 cm³/mol. The Morgan fingerprint density at radius 2 is 2.50 bits per heavy atom. The molecular weight excluding hydrogens is 176 g/mol. The van der Waals surface area contributed by atoms with Crippen molar-refractivity contribution in [3.8, 4) is 0 Å². The summed E-state index contributed by atoms with van der Waals surface area (Å²) in [5.41, 5.74) is 7.19. The first-order valence-electron chi connectivity index (χ1n) is 3.30. The summed E-state index contributed by atoms with van der Waals surface area (Å²) >= 11 is 1.44. The van der Waals surface area contributed by atoms with Crippen molar-refractivity contribution in [1.82, 2.24) is 10.3 Å². The van der Waals surface area contributed by atoms with Gasteiger partial charge in [0.25, 0.3) is 0 Å². The summed E-state index contributed by atoms with van der Waals surface area (Å²) in [6.07, 6.45) is 1.67. The van der Waals surface area contributed by atoms with Crippen molar-refractivity contribution >= 4 is 23.2 Å². The average Bonchev–Trinajstić information content (AvgIpc) is 2.58. The maximum absolute atomic E-state index is 10.8. The zero-order valence-electron chi connectivity index (χ0n) is 6.02. The summed E-state index contributed by atoms with van der Waals surface area (Å²) in [6.45, 7) is 0. The zero-order valence-corrected chi connectivity index (χ0v) is 6.84. The van der Waals surface area contributed by atoms with Crippen molar-refractivity contribution in [2.45, 2.75) is 6.04 Å². The number of hydrogen-bond acceptors (Lipinski definition) is 4. The molecule has 0 aromatic carbocycles. The van der Waals surface area contributed by atoms with Gasteiger partial charge in [0.05, 0.1) is 10.4 Å². The highest BCUT2D eigenvalue weighted by Gasteiger charge is 2.25. The molecule has 2 heterocycles. The number of nitrogens with zero attached hydrogens (tertiary/aromatic N) is 2. The van der Waals surface area contributed by atoms with Gasteiger partial charge in [-0.25, -0.2) is 4.79 Å². The second kappa shape index (κ2) is 2.56. The Bertz CT molecular complexity index is 331. The van der Waals surface area contributed by atoms with Gasteiger partial charge in [-0.15, -0.1) is 11.3 Å². The molecule has 0 spiro atoms. The topological polar surface area (TPSA) is 80.4 Å². The van der Waals surface area contributed by atoms with Crippen molar-refractivity contribution in [2.24, 2.45) is 10.7 Å². The first-order chi connectivity index (χ1) is 5.77. The van der Waals surface area contributed by atoms with Crippen LogP contribution in [-0.2, 0) is 0 Å². The van der Waals surface area contributed by atoms with E-state index in [0.29, 0.717) is 5.84 Å². The van der Waals surface area contributed by atoms with Crippen LogP contribution in [0.3, 0.4) is 0 Å². The Labute approximate surface area is 72.3 Å². The molecule has 0 bridgehead atoms. The lowest BCUT2D eigenvalue weighted by molar-refractivity contribution is 0.250. The molecule has 1 unspecified atom stereocenters. The maximum Gasteiger partial charge on any atom is 0.343 e. The third kappa shape index (κ3) is 1.06. The molecule has 2 amide bonds. The van der Waals surface area contributed by atoms with Crippen LogP contribution in [0.15, 0.2) is 16.7 Å². The lowest BCUT2D eigenvalue weighted by Crippen LogP contribution is -2.26. The molecule has 0 radical (unpaired) electrons. The number of carbonyl (C=O) groups excluding carboxylic acids is 1. The molecule has 2 rings (SSSR count). The molecule has 1 aliphatic heterocycles. The summed E-state index contributed by atoms with van der Waals surface area (Å²) < 4.78 is 0. The van der Waals surface area contributed by atoms with Crippen LogP contribution in [0.1, 0.15) is 10.9 Å². The SMILES string of the molecule is NC1=NC(=O)NC1c1cncs1. The number of urea groups is 1. The molecule has 5 nitrogen and oxygen atoms in total. The van der Waals surface area contributed by atoms with Gasteiger partial charge < -0.3 is 11.1 Å². The maximum atomic E-state index is 10.8. The fourth-order valence-electron chi connectivity index (χ4n) is 0.997. The summed E-state index contributed by atoms with van der Waals surface area (Å²) in [6, 6.07) is -0.657. The minimum absolute atomic E-state index is 0.273. The minimum atomic E-state index is -0.383. The van der Waals surface area contributed by atoms with Gasteiger partial charge in [0.1, 0.15) is 11.9 Å². The molecule has 6 heteroatoms.